The van der Waals surface area contributed by atoms with Crippen LogP contribution in [0.15, 0.2) is 18.2 Å². The second-order valence-electron chi connectivity index (χ2n) is 4.76. The van der Waals surface area contributed by atoms with Crippen LogP contribution in [0.4, 0.5) is 11.4 Å². The Bertz CT molecular complexity index is 613. The molecule has 1 saturated heterocycles. The number of anilines is 2. The second kappa shape index (κ2) is 5.70. The van der Waals surface area contributed by atoms with Gasteiger partial charge in [0.15, 0.2) is 9.84 Å². The third-order valence-corrected chi connectivity index (χ3v) is 5.06. The summed E-state index contributed by atoms with van der Waals surface area (Å²) < 4.78 is 27.8. The number of nitrogen functional groups attached to an aromatic ring is 1. The molecule has 6 nitrogen and oxygen atoms in total. The number of benzene rings is 1. The number of carbonyl (C=O) groups excluding carboxylic acids is 1. The first-order chi connectivity index (χ1) is 9.43. The first kappa shape index (κ1) is 14.6. The van der Waals surface area contributed by atoms with Gasteiger partial charge in [0.2, 0.25) is 0 Å². The predicted molar refractivity (Wildman–Crippen MR) is 77.7 cm³/mol. The van der Waals surface area contributed by atoms with Crippen molar-refractivity contribution in [2.75, 3.05) is 42.3 Å². The molecule has 0 unspecified atom stereocenters. The van der Waals surface area contributed by atoms with Crippen molar-refractivity contribution < 1.29 is 17.9 Å². The molecular weight excluding hydrogens is 280 g/mol. The Hall–Kier alpha value is -1.76. The van der Waals surface area contributed by atoms with Crippen LogP contribution >= 0.6 is 0 Å². The molecule has 0 saturated carbocycles. The normalized spacial score (nSPS) is 18.4. The topological polar surface area (TPSA) is 89.7 Å². The van der Waals surface area contributed by atoms with E-state index in [0.717, 1.165) is 5.69 Å². The van der Waals surface area contributed by atoms with Gasteiger partial charge in [0.1, 0.15) is 0 Å². The average Bonchev–Trinajstić information content (AvgIpc) is 2.59. The van der Waals surface area contributed by atoms with Gasteiger partial charge in [0.05, 0.1) is 35.6 Å². The number of nitrogens with two attached hydrogens (primary N) is 1. The zero-order chi connectivity index (χ0) is 14.8. The molecule has 2 N–H and O–H groups in total. The van der Waals surface area contributed by atoms with Crippen molar-refractivity contribution in [3.63, 3.8) is 0 Å². The molecule has 2 rings (SSSR count). The SMILES string of the molecule is COC(=O)c1ccc(N2CCCS(=O)(=O)CC2)c(N)c1. The molecule has 1 aromatic carbocycles. The third kappa shape index (κ3) is 3.22. The van der Waals surface area contributed by atoms with E-state index >= 15 is 0 Å². The average molecular weight is 298 g/mol. The highest BCUT2D eigenvalue weighted by molar-refractivity contribution is 7.91. The molecule has 1 heterocycles. The minimum Gasteiger partial charge on any atom is -0.465 e. The molecule has 20 heavy (non-hydrogen) atoms. The van der Waals surface area contributed by atoms with Crippen LogP contribution in [0, 0.1) is 0 Å². The van der Waals surface area contributed by atoms with E-state index in [1.807, 2.05) is 4.90 Å². The fourth-order valence-electron chi connectivity index (χ4n) is 2.27. The summed E-state index contributed by atoms with van der Waals surface area (Å²) in [5, 5.41) is 0. The number of rotatable bonds is 2. The molecule has 0 aliphatic carbocycles. The Morgan fingerprint density at radius 1 is 1.30 bits per heavy atom. The van der Waals surface area contributed by atoms with Gasteiger partial charge in [-0.15, -0.1) is 0 Å². The lowest BCUT2D eigenvalue weighted by molar-refractivity contribution is 0.0601. The summed E-state index contributed by atoms with van der Waals surface area (Å²) in [5.74, 6) is -0.101. The molecule has 0 spiro atoms. The smallest absolute Gasteiger partial charge is 0.337 e. The van der Waals surface area contributed by atoms with Gasteiger partial charge in [0.25, 0.3) is 0 Å². The van der Waals surface area contributed by atoms with E-state index in [2.05, 4.69) is 4.74 Å². The molecular formula is C13H18N2O4S. The molecule has 110 valence electrons. The second-order valence-corrected chi connectivity index (χ2v) is 7.06. The molecule has 1 fully saturated rings. The van der Waals surface area contributed by atoms with Crippen molar-refractivity contribution in [1.29, 1.82) is 0 Å². The highest BCUT2D eigenvalue weighted by Gasteiger charge is 2.21. The van der Waals surface area contributed by atoms with Crippen molar-refractivity contribution in [2.45, 2.75) is 6.42 Å². The number of esters is 1. The maximum absolute atomic E-state index is 11.6. The van der Waals surface area contributed by atoms with Gasteiger partial charge in [-0.25, -0.2) is 13.2 Å². The van der Waals surface area contributed by atoms with Crippen LogP contribution in [-0.4, -0.2) is 46.1 Å². The van der Waals surface area contributed by atoms with Crippen LogP contribution in [0.2, 0.25) is 0 Å². The van der Waals surface area contributed by atoms with Crippen molar-refractivity contribution in [1.82, 2.24) is 0 Å². The zero-order valence-corrected chi connectivity index (χ0v) is 12.1. The van der Waals surface area contributed by atoms with E-state index in [1.165, 1.54) is 7.11 Å². The van der Waals surface area contributed by atoms with Crippen molar-refractivity contribution in [3.8, 4) is 0 Å². The standard InChI is InChI=1S/C13H18N2O4S/c1-19-13(16)10-3-4-12(11(14)9-10)15-5-2-7-20(17,18)8-6-15/h3-4,9H,2,5-8,14H2,1H3. The monoisotopic (exact) mass is 298 g/mol. The molecule has 1 aromatic rings. The summed E-state index contributed by atoms with van der Waals surface area (Å²) in [4.78, 5) is 13.4. The lowest BCUT2D eigenvalue weighted by Crippen LogP contribution is -2.27. The summed E-state index contributed by atoms with van der Waals surface area (Å²) in [6.45, 7) is 1.06. The number of methoxy groups -OCH3 is 1. The number of hydrogen-bond donors (Lipinski definition) is 1. The third-order valence-electron chi connectivity index (χ3n) is 3.34. The van der Waals surface area contributed by atoms with Gasteiger partial charge in [-0.2, -0.15) is 0 Å². The Labute approximate surface area is 118 Å². The quantitative estimate of drug-likeness (QED) is 0.638. The Balaban J connectivity index is 2.23. The molecule has 7 heteroatoms. The molecule has 1 aliphatic rings. The van der Waals surface area contributed by atoms with Crippen molar-refractivity contribution in [2.24, 2.45) is 0 Å². The Kier molecular flexibility index (Phi) is 4.17. The largest absolute Gasteiger partial charge is 0.465 e. The summed E-state index contributed by atoms with van der Waals surface area (Å²) in [7, 11) is -1.64. The zero-order valence-electron chi connectivity index (χ0n) is 11.3. The van der Waals surface area contributed by atoms with Crippen LogP contribution in [-0.2, 0) is 14.6 Å². The van der Waals surface area contributed by atoms with Crippen LogP contribution in [0.25, 0.3) is 0 Å². The van der Waals surface area contributed by atoms with Gasteiger partial charge < -0.3 is 15.4 Å². The van der Waals surface area contributed by atoms with Gasteiger partial charge in [-0.3, -0.25) is 0 Å². The Morgan fingerprint density at radius 2 is 2.05 bits per heavy atom. The maximum atomic E-state index is 11.6. The lowest BCUT2D eigenvalue weighted by atomic mass is 10.1. The van der Waals surface area contributed by atoms with E-state index < -0.39 is 15.8 Å². The van der Waals surface area contributed by atoms with Crippen LogP contribution in [0.3, 0.4) is 0 Å². The predicted octanol–water partition coefficient (Wildman–Crippen LogP) is 0.680. The molecule has 1 aliphatic heterocycles. The Morgan fingerprint density at radius 3 is 2.70 bits per heavy atom. The molecule has 0 amide bonds. The highest BCUT2D eigenvalue weighted by Crippen LogP contribution is 2.26. The number of ether oxygens (including phenoxy) is 1. The number of carbonyl (C=O) groups is 1. The molecule has 0 atom stereocenters. The van der Waals surface area contributed by atoms with Gasteiger partial charge in [-0.1, -0.05) is 0 Å². The molecule has 0 radical (unpaired) electrons. The van der Waals surface area contributed by atoms with E-state index in [4.69, 9.17) is 5.73 Å². The maximum Gasteiger partial charge on any atom is 0.337 e. The minimum absolute atomic E-state index is 0.130. The summed E-state index contributed by atoms with van der Waals surface area (Å²) in [5.41, 5.74) is 7.56. The first-order valence-corrected chi connectivity index (χ1v) is 8.18. The number of hydrogen-bond acceptors (Lipinski definition) is 6. The summed E-state index contributed by atoms with van der Waals surface area (Å²) in [6, 6.07) is 4.93. The summed E-state index contributed by atoms with van der Waals surface area (Å²) >= 11 is 0. The molecule has 0 bridgehead atoms. The minimum atomic E-state index is -2.96. The van der Waals surface area contributed by atoms with E-state index in [9.17, 15) is 13.2 Å². The van der Waals surface area contributed by atoms with Gasteiger partial charge in [-0.05, 0) is 24.6 Å². The van der Waals surface area contributed by atoms with E-state index in [1.54, 1.807) is 18.2 Å². The highest BCUT2D eigenvalue weighted by atomic mass is 32.2. The van der Waals surface area contributed by atoms with Crippen LogP contribution in [0.5, 0.6) is 0 Å². The molecule has 0 aromatic heterocycles. The number of sulfone groups is 1. The van der Waals surface area contributed by atoms with Crippen LogP contribution in [0.1, 0.15) is 16.8 Å². The summed E-state index contributed by atoms with van der Waals surface area (Å²) in [6.07, 6.45) is 0.584. The van der Waals surface area contributed by atoms with E-state index in [0.29, 0.717) is 30.8 Å². The van der Waals surface area contributed by atoms with E-state index in [-0.39, 0.29) is 11.5 Å². The fourth-order valence-corrected chi connectivity index (χ4v) is 3.54. The van der Waals surface area contributed by atoms with Gasteiger partial charge >= 0.3 is 5.97 Å². The van der Waals surface area contributed by atoms with Crippen molar-refractivity contribution in [3.05, 3.63) is 23.8 Å². The van der Waals surface area contributed by atoms with Crippen LogP contribution < -0.4 is 10.6 Å². The number of nitrogens with zero attached hydrogens (tertiary/aromatic N) is 1. The van der Waals surface area contributed by atoms with Crippen molar-refractivity contribution >= 4 is 27.2 Å². The van der Waals surface area contributed by atoms with Gasteiger partial charge in [0, 0.05) is 13.1 Å². The lowest BCUT2D eigenvalue weighted by Gasteiger charge is -2.23. The first-order valence-electron chi connectivity index (χ1n) is 6.36. The fraction of sp³-hybridized carbons (Fsp3) is 0.462.